The number of amides is 1. The molecule has 3 aromatic carbocycles. The molecule has 1 amide bonds. The minimum absolute atomic E-state index is 0.0242. The molecular weight excluding hydrogens is 581 g/mol. The van der Waals surface area contributed by atoms with Gasteiger partial charge in [0.25, 0.3) is 11.5 Å². The molecule has 224 valence electrons. The molecule has 0 aliphatic heterocycles. The number of halogens is 5. The zero-order chi connectivity index (χ0) is 31.6. The van der Waals surface area contributed by atoms with Crippen molar-refractivity contribution in [3.63, 3.8) is 0 Å². The second-order valence-electron chi connectivity index (χ2n) is 9.33. The number of rotatable bonds is 6. The number of aryl methyl sites for hydroxylation is 2. The van der Waals surface area contributed by atoms with Crippen molar-refractivity contribution in [1.82, 2.24) is 18.9 Å². The van der Waals surface area contributed by atoms with Crippen molar-refractivity contribution < 1.29 is 36.6 Å². The van der Waals surface area contributed by atoms with E-state index in [-0.39, 0.29) is 6.42 Å². The number of primary amides is 1. The molecule has 0 spiro atoms. The van der Waals surface area contributed by atoms with Gasteiger partial charge in [-0.25, -0.2) is 18.1 Å². The molecule has 0 atom stereocenters. The van der Waals surface area contributed by atoms with Gasteiger partial charge in [0.05, 0.1) is 22.8 Å². The molecule has 3 N–H and O–H groups in total. The Morgan fingerprint density at radius 1 is 1.00 bits per heavy atom. The van der Waals surface area contributed by atoms with E-state index in [1.165, 1.54) is 16.8 Å². The van der Waals surface area contributed by atoms with Gasteiger partial charge in [0.2, 0.25) is 0 Å². The first-order chi connectivity index (χ1) is 20.2. The molecule has 0 saturated heterocycles. The summed E-state index contributed by atoms with van der Waals surface area (Å²) in [6, 6.07) is 12.8. The third kappa shape index (κ3) is 6.45. The second kappa shape index (κ2) is 11.9. The van der Waals surface area contributed by atoms with Crippen molar-refractivity contribution in [2.75, 3.05) is 0 Å². The lowest BCUT2D eigenvalue weighted by Gasteiger charge is -2.12. The van der Waals surface area contributed by atoms with Crippen molar-refractivity contribution in [2.45, 2.75) is 25.6 Å². The first kappa shape index (κ1) is 30.6. The topological polar surface area (TPSA) is 142 Å². The summed E-state index contributed by atoms with van der Waals surface area (Å²) in [5.74, 6) is -4.87. The maximum absolute atomic E-state index is 13.8. The average molecular weight is 604 g/mol. The van der Waals surface area contributed by atoms with E-state index in [1.807, 2.05) is 24.3 Å². The lowest BCUT2D eigenvalue weighted by atomic mass is 9.99. The number of carboxylic acid groups (broad SMARTS) is 1. The predicted molar refractivity (Wildman–Crippen MR) is 145 cm³/mol. The van der Waals surface area contributed by atoms with Crippen molar-refractivity contribution in [3.8, 4) is 5.69 Å². The lowest BCUT2D eigenvalue weighted by Crippen LogP contribution is -2.36. The molecule has 0 unspecified atom stereocenters. The Kier molecular flexibility index (Phi) is 8.45. The summed E-state index contributed by atoms with van der Waals surface area (Å²) >= 11 is 0. The molecule has 10 nitrogen and oxygen atoms in total. The lowest BCUT2D eigenvalue weighted by molar-refractivity contribution is -0.142. The van der Waals surface area contributed by atoms with E-state index < -0.39 is 63.9 Å². The summed E-state index contributed by atoms with van der Waals surface area (Å²) in [5, 5.41) is 13.4. The van der Waals surface area contributed by atoms with Crippen molar-refractivity contribution in [2.24, 2.45) is 12.8 Å². The summed E-state index contributed by atoms with van der Waals surface area (Å²) in [6.07, 6.45) is -1.96. The Balaban J connectivity index is 0.000000203. The van der Waals surface area contributed by atoms with Crippen molar-refractivity contribution in [3.05, 3.63) is 105 Å². The minimum atomic E-state index is -4.59. The van der Waals surface area contributed by atoms with Gasteiger partial charge in [-0.15, -0.1) is 0 Å². The first-order valence-electron chi connectivity index (χ1n) is 12.4. The Labute approximate surface area is 238 Å². The molecule has 0 saturated carbocycles. The number of nitrogens with zero attached hydrogens (tertiary/aromatic N) is 4. The smallest absolute Gasteiger partial charge is 0.408 e. The van der Waals surface area contributed by atoms with E-state index >= 15 is 0 Å². The van der Waals surface area contributed by atoms with Gasteiger partial charge < -0.3 is 15.4 Å². The Morgan fingerprint density at radius 3 is 2.33 bits per heavy atom. The standard InChI is InChI=1S/C18H16N2O4.C10H6F5N3O/c1-19-11-10-16(21)20(18(19)24)15-7-3-5-13-12(8-9-17(22)23)4-2-6-14(13)15;11-5-1-6-4(8(12)7(5)9(16)19)2-17-18(6)3-10(13,14)15/h2-7,10-11H,8-9H2,1H3,(H,22,23);1-2H,3H2,(H2,16,19). The third-order valence-corrected chi connectivity index (χ3v) is 6.41. The van der Waals surface area contributed by atoms with Gasteiger partial charge in [0.15, 0.2) is 0 Å². The van der Waals surface area contributed by atoms with Gasteiger partial charge in [-0.1, -0.05) is 30.3 Å². The van der Waals surface area contributed by atoms with Crippen molar-refractivity contribution in [1.29, 1.82) is 0 Å². The number of hydrogen-bond acceptors (Lipinski definition) is 5. The highest BCUT2D eigenvalue weighted by Crippen LogP contribution is 2.27. The van der Waals surface area contributed by atoms with Gasteiger partial charge in [-0.05, 0) is 23.4 Å². The quantitative estimate of drug-likeness (QED) is 0.284. The number of carbonyl (C=O) groups is 2. The van der Waals surface area contributed by atoms with E-state index in [1.54, 1.807) is 19.2 Å². The molecule has 0 bridgehead atoms. The number of benzene rings is 3. The van der Waals surface area contributed by atoms with Crippen LogP contribution >= 0.6 is 0 Å². The Hall–Kier alpha value is -5.34. The molecule has 0 aliphatic rings. The Bertz CT molecular complexity index is 1990. The fourth-order valence-corrected chi connectivity index (χ4v) is 4.47. The number of aliphatic carboxylic acids is 1. The van der Waals surface area contributed by atoms with Crippen LogP contribution in [0.3, 0.4) is 0 Å². The van der Waals surface area contributed by atoms with E-state index in [9.17, 15) is 41.1 Å². The molecular formula is C28H22F5N5O5. The van der Waals surface area contributed by atoms with Crippen LogP contribution in [-0.2, 0) is 24.8 Å². The highest BCUT2D eigenvalue weighted by molar-refractivity contribution is 5.98. The normalized spacial score (nSPS) is 11.4. The number of carboxylic acids is 1. The van der Waals surface area contributed by atoms with Crippen LogP contribution in [0.5, 0.6) is 0 Å². The molecule has 2 aromatic heterocycles. The number of alkyl halides is 3. The number of fused-ring (bicyclic) bond motifs is 2. The van der Waals surface area contributed by atoms with E-state index in [0.29, 0.717) is 22.9 Å². The molecule has 43 heavy (non-hydrogen) atoms. The largest absolute Gasteiger partial charge is 0.481 e. The zero-order valence-corrected chi connectivity index (χ0v) is 22.2. The maximum Gasteiger partial charge on any atom is 0.408 e. The monoisotopic (exact) mass is 603 g/mol. The number of nitrogens with two attached hydrogens (primary N) is 1. The fourth-order valence-electron chi connectivity index (χ4n) is 4.47. The van der Waals surface area contributed by atoms with Gasteiger partial charge in [-0.2, -0.15) is 18.3 Å². The SMILES string of the molecule is Cn1ccc(=O)n(-c2cccc3c(CCC(=O)O)cccc23)c1=O.NC(=O)c1c(F)cc2c(cnn2CC(F)(F)F)c1F. The predicted octanol–water partition coefficient (Wildman–Crippen LogP) is 3.68. The highest BCUT2D eigenvalue weighted by Gasteiger charge is 2.30. The van der Waals surface area contributed by atoms with Gasteiger partial charge in [0.1, 0.15) is 23.7 Å². The molecule has 0 aliphatic carbocycles. The van der Waals surface area contributed by atoms with E-state index in [4.69, 9.17) is 10.8 Å². The minimum Gasteiger partial charge on any atom is -0.481 e. The second-order valence-corrected chi connectivity index (χ2v) is 9.33. The molecule has 0 radical (unpaired) electrons. The Morgan fingerprint density at radius 2 is 1.67 bits per heavy atom. The van der Waals surface area contributed by atoms with Crippen LogP contribution in [0.4, 0.5) is 22.0 Å². The summed E-state index contributed by atoms with van der Waals surface area (Å²) in [6.45, 7) is -1.49. The van der Waals surface area contributed by atoms with Crippen molar-refractivity contribution >= 4 is 33.6 Å². The van der Waals surface area contributed by atoms with Crippen LogP contribution in [0.2, 0.25) is 0 Å². The number of hydrogen-bond donors (Lipinski definition) is 2. The van der Waals surface area contributed by atoms with Crippen LogP contribution in [0.25, 0.3) is 27.4 Å². The molecule has 5 aromatic rings. The van der Waals surface area contributed by atoms with E-state index in [2.05, 4.69) is 5.10 Å². The molecule has 5 rings (SSSR count). The summed E-state index contributed by atoms with van der Waals surface area (Å²) < 4.78 is 66.8. The zero-order valence-electron chi connectivity index (χ0n) is 22.2. The number of aromatic nitrogens is 4. The summed E-state index contributed by atoms with van der Waals surface area (Å²) in [5.41, 5.74) is 3.93. The van der Waals surface area contributed by atoms with Crippen LogP contribution < -0.4 is 17.0 Å². The molecule has 15 heteroatoms. The van der Waals surface area contributed by atoms with Crippen LogP contribution in [-0.4, -0.2) is 42.1 Å². The summed E-state index contributed by atoms with van der Waals surface area (Å²) in [4.78, 5) is 46.3. The van der Waals surface area contributed by atoms with Gasteiger partial charge in [0, 0.05) is 37.2 Å². The first-order valence-corrected chi connectivity index (χ1v) is 12.4. The van der Waals surface area contributed by atoms with Crippen LogP contribution in [0.15, 0.2) is 70.5 Å². The fraction of sp³-hybridized carbons (Fsp3) is 0.179. The van der Waals surface area contributed by atoms with Gasteiger partial charge in [-0.3, -0.25) is 19.1 Å². The maximum atomic E-state index is 13.8. The molecule has 2 heterocycles. The van der Waals surface area contributed by atoms with Gasteiger partial charge >= 0.3 is 17.8 Å². The molecule has 0 fully saturated rings. The third-order valence-electron chi connectivity index (χ3n) is 6.41. The number of carbonyl (C=O) groups excluding carboxylic acids is 1. The van der Waals surface area contributed by atoms with Crippen LogP contribution in [0.1, 0.15) is 22.3 Å². The average Bonchev–Trinajstić information content (AvgIpc) is 3.31. The summed E-state index contributed by atoms with van der Waals surface area (Å²) in [7, 11) is 1.59. The van der Waals surface area contributed by atoms with E-state index in [0.717, 1.165) is 27.1 Å². The van der Waals surface area contributed by atoms with Crippen LogP contribution in [0, 0.1) is 11.6 Å². The highest BCUT2D eigenvalue weighted by atomic mass is 19.4.